The first-order valence-electron chi connectivity index (χ1n) is 11.5. The van der Waals surface area contributed by atoms with Gasteiger partial charge in [-0.05, 0) is 55.3 Å². The van der Waals surface area contributed by atoms with Gasteiger partial charge < -0.3 is 19.9 Å². The zero-order valence-corrected chi connectivity index (χ0v) is 20.4. The molecule has 0 fully saturated rings. The van der Waals surface area contributed by atoms with E-state index in [1.165, 1.54) is 10.4 Å². The number of hydrogen-bond acceptors (Lipinski definition) is 4. The van der Waals surface area contributed by atoms with Gasteiger partial charge in [-0.25, -0.2) is 4.79 Å². The Morgan fingerprint density at radius 2 is 2.00 bits per heavy atom. The summed E-state index contributed by atoms with van der Waals surface area (Å²) in [6, 6.07) is 9.73. The second-order valence-electron chi connectivity index (χ2n) is 8.51. The lowest BCUT2D eigenvalue weighted by Crippen LogP contribution is -2.50. The lowest BCUT2D eigenvalue weighted by atomic mass is 10.00. The van der Waals surface area contributed by atoms with Crippen LogP contribution in [0, 0.1) is 12.8 Å². The second-order valence-corrected chi connectivity index (χ2v) is 9.51. The van der Waals surface area contributed by atoms with Gasteiger partial charge in [0.15, 0.2) is 0 Å². The number of fused-ring (bicyclic) bond motifs is 1. The van der Waals surface area contributed by atoms with Crippen molar-refractivity contribution in [2.45, 2.75) is 46.6 Å². The van der Waals surface area contributed by atoms with E-state index < -0.39 is 0 Å². The molecule has 3 amide bonds. The summed E-state index contributed by atoms with van der Waals surface area (Å²) in [5, 5.41) is 4.94. The lowest BCUT2D eigenvalue weighted by molar-refractivity contribution is -0.135. The fourth-order valence-electron chi connectivity index (χ4n) is 3.93. The van der Waals surface area contributed by atoms with Crippen LogP contribution in [0.4, 0.5) is 4.79 Å². The zero-order chi connectivity index (χ0) is 23.1. The summed E-state index contributed by atoms with van der Waals surface area (Å²) >= 11 is 1.74. The standard InChI is InChI=1S/C25H35N3O3S/c1-5-18(3)15-27(25(30)26-6-2)16-24(29)28-13-11-23-21(12-14-32-23)22(28)17-31-20-9-7-19(4)8-10-20/h7-10,12,14,18,22H,5-6,11,13,15-17H2,1-4H3,(H,26,30). The van der Waals surface area contributed by atoms with E-state index in [9.17, 15) is 9.59 Å². The molecule has 1 aliphatic heterocycles. The molecule has 2 atom stereocenters. The summed E-state index contributed by atoms with van der Waals surface area (Å²) < 4.78 is 6.10. The van der Waals surface area contributed by atoms with E-state index in [4.69, 9.17) is 4.74 Å². The van der Waals surface area contributed by atoms with Gasteiger partial charge in [-0.2, -0.15) is 0 Å². The molecule has 1 N–H and O–H groups in total. The number of urea groups is 1. The van der Waals surface area contributed by atoms with Crippen molar-refractivity contribution in [3.05, 3.63) is 51.7 Å². The Balaban J connectivity index is 1.75. The molecule has 0 aliphatic carbocycles. The van der Waals surface area contributed by atoms with Gasteiger partial charge in [0, 0.05) is 24.5 Å². The van der Waals surface area contributed by atoms with Crippen LogP contribution in [-0.4, -0.2) is 54.5 Å². The van der Waals surface area contributed by atoms with Gasteiger partial charge in [0.1, 0.15) is 18.9 Å². The first kappa shape index (κ1) is 24.1. The fraction of sp³-hybridized carbons (Fsp3) is 0.520. The maximum atomic E-state index is 13.4. The van der Waals surface area contributed by atoms with Crippen LogP contribution in [0.5, 0.6) is 5.75 Å². The number of aryl methyl sites for hydroxylation is 1. The van der Waals surface area contributed by atoms with Crippen LogP contribution in [0.1, 0.15) is 49.2 Å². The van der Waals surface area contributed by atoms with Gasteiger partial charge in [0.25, 0.3) is 0 Å². The molecule has 1 aliphatic rings. The van der Waals surface area contributed by atoms with E-state index in [1.54, 1.807) is 16.2 Å². The van der Waals surface area contributed by atoms with E-state index in [1.807, 2.05) is 43.0 Å². The highest BCUT2D eigenvalue weighted by molar-refractivity contribution is 7.10. The third-order valence-corrected chi connectivity index (χ3v) is 7.01. The van der Waals surface area contributed by atoms with Gasteiger partial charge in [0.05, 0.1) is 6.04 Å². The van der Waals surface area contributed by atoms with Crippen LogP contribution >= 0.6 is 11.3 Å². The largest absolute Gasteiger partial charge is 0.491 e. The summed E-state index contributed by atoms with van der Waals surface area (Å²) in [6.07, 6.45) is 1.80. The second kappa shape index (κ2) is 11.4. The molecule has 0 radical (unpaired) electrons. The van der Waals surface area contributed by atoms with E-state index in [0.717, 1.165) is 24.2 Å². The number of amides is 3. The third-order valence-electron chi connectivity index (χ3n) is 6.01. The van der Waals surface area contributed by atoms with E-state index in [0.29, 0.717) is 32.2 Å². The van der Waals surface area contributed by atoms with E-state index in [2.05, 4.69) is 30.6 Å². The van der Waals surface area contributed by atoms with Crippen LogP contribution in [0.3, 0.4) is 0 Å². The van der Waals surface area contributed by atoms with Gasteiger partial charge in [-0.3, -0.25) is 4.79 Å². The molecule has 3 rings (SSSR count). The van der Waals surface area contributed by atoms with Crippen LogP contribution in [0.15, 0.2) is 35.7 Å². The van der Waals surface area contributed by atoms with Gasteiger partial charge in [0.2, 0.25) is 5.91 Å². The molecule has 0 spiro atoms. The summed E-state index contributed by atoms with van der Waals surface area (Å²) in [6.45, 7) is 10.4. The third kappa shape index (κ3) is 6.03. The summed E-state index contributed by atoms with van der Waals surface area (Å²) in [7, 11) is 0. The van der Waals surface area contributed by atoms with Crippen LogP contribution < -0.4 is 10.1 Å². The fourth-order valence-corrected chi connectivity index (χ4v) is 4.85. The molecule has 0 bridgehead atoms. The summed E-state index contributed by atoms with van der Waals surface area (Å²) in [5.74, 6) is 1.09. The van der Waals surface area contributed by atoms with Crippen LogP contribution in [0.25, 0.3) is 0 Å². The monoisotopic (exact) mass is 457 g/mol. The predicted octanol–water partition coefficient (Wildman–Crippen LogP) is 4.64. The van der Waals surface area contributed by atoms with E-state index in [-0.39, 0.29) is 24.5 Å². The zero-order valence-electron chi connectivity index (χ0n) is 19.6. The first-order chi connectivity index (χ1) is 15.4. The molecule has 1 aromatic heterocycles. The quantitative estimate of drug-likeness (QED) is 0.597. The molecule has 2 aromatic rings. The Kier molecular flexibility index (Phi) is 8.56. The Morgan fingerprint density at radius 1 is 1.25 bits per heavy atom. The number of ether oxygens (including phenoxy) is 1. The van der Waals surface area contributed by atoms with Crippen molar-refractivity contribution in [2.24, 2.45) is 5.92 Å². The number of carbonyl (C=O) groups excluding carboxylic acids is 2. The van der Waals surface area contributed by atoms with Crippen LogP contribution in [0.2, 0.25) is 0 Å². The van der Waals surface area contributed by atoms with Gasteiger partial charge >= 0.3 is 6.03 Å². The molecule has 1 aromatic carbocycles. The first-order valence-corrected chi connectivity index (χ1v) is 12.4. The number of carbonyl (C=O) groups is 2. The highest BCUT2D eigenvalue weighted by atomic mass is 32.1. The van der Waals surface area contributed by atoms with Crippen molar-refractivity contribution in [2.75, 3.05) is 32.8 Å². The van der Waals surface area contributed by atoms with Crippen molar-refractivity contribution < 1.29 is 14.3 Å². The Morgan fingerprint density at radius 3 is 2.69 bits per heavy atom. The number of nitrogens with zero attached hydrogens (tertiary/aromatic N) is 2. The number of benzene rings is 1. The Labute approximate surface area is 195 Å². The van der Waals surface area contributed by atoms with E-state index >= 15 is 0 Å². The molecule has 7 heteroatoms. The molecule has 174 valence electrons. The average Bonchev–Trinajstić information content (AvgIpc) is 3.27. The topological polar surface area (TPSA) is 61.9 Å². The number of nitrogens with one attached hydrogen (secondary N) is 1. The SMILES string of the molecule is CCNC(=O)N(CC(=O)N1CCc2sccc2C1COc1ccc(C)cc1)CC(C)CC. The molecule has 32 heavy (non-hydrogen) atoms. The van der Waals surface area contributed by atoms with Crippen LogP contribution in [-0.2, 0) is 11.2 Å². The minimum Gasteiger partial charge on any atom is -0.491 e. The minimum absolute atomic E-state index is 0.0334. The molecule has 2 heterocycles. The maximum absolute atomic E-state index is 13.4. The lowest BCUT2D eigenvalue weighted by Gasteiger charge is -2.37. The average molecular weight is 458 g/mol. The van der Waals surface area contributed by atoms with Gasteiger partial charge in [-0.15, -0.1) is 11.3 Å². The molecule has 0 saturated carbocycles. The highest BCUT2D eigenvalue weighted by Gasteiger charge is 2.33. The molecular formula is C25H35N3O3S. The maximum Gasteiger partial charge on any atom is 0.317 e. The van der Waals surface area contributed by atoms with Gasteiger partial charge in [-0.1, -0.05) is 38.0 Å². The Hall–Kier alpha value is -2.54. The smallest absolute Gasteiger partial charge is 0.317 e. The summed E-state index contributed by atoms with van der Waals surface area (Å²) in [4.78, 5) is 30.9. The van der Waals surface area contributed by atoms with Crippen molar-refractivity contribution in [1.29, 1.82) is 0 Å². The van der Waals surface area contributed by atoms with Crippen molar-refractivity contribution >= 4 is 23.3 Å². The molecule has 6 nitrogen and oxygen atoms in total. The van der Waals surface area contributed by atoms with Crippen molar-refractivity contribution in [3.8, 4) is 5.75 Å². The number of hydrogen-bond donors (Lipinski definition) is 1. The minimum atomic E-state index is -0.179. The molecule has 2 unspecified atom stereocenters. The molecule has 0 saturated heterocycles. The normalized spacial score (nSPS) is 16.2. The Bertz CT molecular complexity index is 896. The number of thiophene rings is 1. The number of rotatable bonds is 9. The summed E-state index contributed by atoms with van der Waals surface area (Å²) in [5.41, 5.74) is 2.34. The van der Waals surface area contributed by atoms with Crippen molar-refractivity contribution in [1.82, 2.24) is 15.1 Å². The van der Waals surface area contributed by atoms with Crippen molar-refractivity contribution in [3.63, 3.8) is 0 Å². The molecular weight excluding hydrogens is 422 g/mol. The predicted molar refractivity (Wildman–Crippen MR) is 129 cm³/mol. The highest BCUT2D eigenvalue weighted by Crippen LogP contribution is 2.34.